The third-order valence-corrected chi connectivity index (χ3v) is 7.38. The summed E-state index contributed by atoms with van der Waals surface area (Å²) in [6.45, 7) is 0.835. The lowest BCUT2D eigenvalue weighted by Gasteiger charge is -2.48. The van der Waals surface area contributed by atoms with Crippen LogP contribution >= 0.6 is 23.2 Å². The van der Waals surface area contributed by atoms with Gasteiger partial charge in [-0.3, -0.25) is 9.69 Å². The van der Waals surface area contributed by atoms with Crippen molar-refractivity contribution >= 4 is 29.1 Å². The van der Waals surface area contributed by atoms with E-state index < -0.39 is 40.1 Å². The van der Waals surface area contributed by atoms with Crippen LogP contribution in [0.5, 0.6) is 0 Å². The highest BCUT2D eigenvalue weighted by Crippen LogP contribution is 2.40. The molecular formula is C24H24Cl2F4N2O. The molecular weight excluding hydrogens is 479 g/mol. The minimum absolute atomic E-state index is 0.187. The van der Waals surface area contributed by atoms with E-state index in [1.54, 1.807) is 18.2 Å². The molecule has 2 aromatic carbocycles. The molecule has 3 nitrogen and oxygen atoms in total. The van der Waals surface area contributed by atoms with Crippen molar-refractivity contribution in [3.8, 4) is 0 Å². The maximum Gasteiger partial charge on any atom is 0.417 e. The van der Waals surface area contributed by atoms with Crippen LogP contribution in [-0.2, 0) is 6.18 Å². The Hall–Kier alpha value is -1.83. The zero-order chi connectivity index (χ0) is 23.8. The molecule has 1 amide bonds. The molecule has 0 aromatic heterocycles. The van der Waals surface area contributed by atoms with Crippen LogP contribution in [-0.4, -0.2) is 29.4 Å². The summed E-state index contributed by atoms with van der Waals surface area (Å²) in [5.74, 6) is -1.34. The zero-order valence-corrected chi connectivity index (χ0v) is 19.3. The van der Waals surface area contributed by atoms with Crippen LogP contribution in [0.4, 0.5) is 17.6 Å². The molecule has 2 aliphatic rings. The number of carbonyl (C=O) groups is 1. The molecule has 2 aromatic rings. The summed E-state index contributed by atoms with van der Waals surface area (Å²) in [6, 6.07) is 7.30. The van der Waals surface area contributed by atoms with Crippen LogP contribution in [0.2, 0.25) is 10.0 Å². The standard InChI is InChI=1S/C24H24Cl2F4N2O/c25-17-12-11-16(24(28,29)30)21(26)20(17)23(33)31-22(15-8-1-2-9-18(15)27)19-10-5-7-14-6-3-4-13-32(14)19/h1-2,8-9,11-12,14,19,22H,3-7,10,13H2,(H,31,33). The summed E-state index contributed by atoms with van der Waals surface area (Å²) in [5, 5.41) is 1.84. The highest BCUT2D eigenvalue weighted by molar-refractivity contribution is 6.40. The lowest BCUT2D eigenvalue weighted by molar-refractivity contribution is -0.137. The van der Waals surface area contributed by atoms with Crippen molar-refractivity contribution < 1.29 is 22.4 Å². The molecule has 0 aliphatic carbocycles. The lowest BCUT2D eigenvalue weighted by Crippen LogP contribution is -2.54. The second-order valence-electron chi connectivity index (χ2n) is 8.64. The van der Waals surface area contributed by atoms with Gasteiger partial charge in [0.2, 0.25) is 0 Å². The number of hydrogen-bond donors (Lipinski definition) is 1. The molecule has 0 bridgehead atoms. The van der Waals surface area contributed by atoms with Crippen molar-refractivity contribution in [2.75, 3.05) is 6.54 Å². The van der Waals surface area contributed by atoms with Gasteiger partial charge in [-0.15, -0.1) is 0 Å². The van der Waals surface area contributed by atoms with Gasteiger partial charge in [0.15, 0.2) is 0 Å². The first-order chi connectivity index (χ1) is 15.7. The Labute approximate surface area is 200 Å². The van der Waals surface area contributed by atoms with E-state index in [-0.39, 0.29) is 11.1 Å². The maximum atomic E-state index is 14.9. The van der Waals surface area contributed by atoms with E-state index in [0.29, 0.717) is 11.6 Å². The average Bonchev–Trinajstić information content (AvgIpc) is 2.77. The molecule has 33 heavy (non-hydrogen) atoms. The van der Waals surface area contributed by atoms with Crippen LogP contribution in [0.25, 0.3) is 0 Å². The summed E-state index contributed by atoms with van der Waals surface area (Å²) >= 11 is 12.1. The van der Waals surface area contributed by atoms with E-state index in [0.717, 1.165) is 57.2 Å². The van der Waals surface area contributed by atoms with Gasteiger partial charge < -0.3 is 5.32 Å². The molecule has 2 fully saturated rings. The third-order valence-electron chi connectivity index (χ3n) is 6.67. The Morgan fingerprint density at radius 2 is 1.76 bits per heavy atom. The predicted octanol–water partition coefficient (Wildman–Crippen LogP) is 7.03. The summed E-state index contributed by atoms with van der Waals surface area (Å²) in [7, 11) is 0. The van der Waals surface area contributed by atoms with Gasteiger partial charge in [0.05, 0.1) is 27.2 Å². The van der Waals surface area contributed by atoms with Crippen LogP contribution < -0.4 is 5.32 Å². The normalized spacial score (nSPS) is 22.5. The summed E-state index contributed by atoms with van der Waals surface area (Å²) in [5.41, 5.74) is -1.31. The monoisotopic (exact) mass is 502 g/mol. The number of amides is 1. The number of halogens is 6. The summed E-state index contributed by atoms with van der Waals surface area (Å²) in [6.07, 6.45) is 1.14. The van der Waals surface area contributed by atoms with Gasteiger partial charge >= 0.3 is 6.18 Å². The van der Waals surface area contributed by atoms with E-state index in [9.17, 15) is 22.4 Å². The first-order valence-corrected chi connectivity index (χ1v) is 11.8. The first-order valence-electron chi connectivity index (χ1n) is 11.0. The smallest absolute Gasteiger partial charge is 0.343 e. The Bertz CT molecular complexity index is 1030. The van der Waals surface area contributed by atoms with Gasteiger partial charge in [0, 0.05) is 17.6 Å². The van der Waals surface area contributed by atoms with Crippen LogP contribution in [0.15, 0.2) is 36.4 Å². The molecule has 3 unspecified atom stereocenters. The van der Waals surface area contributed by atoms with E-state index in [1.165, 1.54) is 6.07 Å². The Morgan fingerprint density at radius 1 is 1.03 bits per heavy atom. The Morgan fingerprint density at radius 3 is 2.48 bits per heavy atom. The number of piperidine rings is 2. The number of carbonyl (C=O) groups excluding carboxylic acids is 1. The number of fused-ring (bicyclic) bond motifs is 1. The number of nitrogens with zero attached hydrogens (tertiary/aromatic N) is 1. The van der Waals surface area contributed by atoms with Crippen molar-refractivity contribution in [3.63, 3.8) is 0 Å². The SMILES string of the molecule is O=C(NC(c1ccccc1F)C1CCCC2CCCCN21)c1c(Cl)ccc(C(F)(F)F)c1Cl. The fourth-order valence-corrected chi connectivity index (χ4v) is 5.81. The Kier molecular flexibility index (Phi) is 7.22. The first kappa shape index (κ1) is 24.3. The molecule has 2 heterocycles. The van der Waals surface area contributed by atoms with Crippen LogP contribution in [0.3, 0.4) is 0 Å². The fraction of sp³-hybridized carbons (Fsp3) is 0.458. The quantitative estimate of drug-likeness (QED) is 0.455. The number of alkyl halides is 3. The largest absolute Gasteiger partial charge is 0.417 e. The van der Waals surface area contributed by atoms with Gasteiger partial charge in [-0.1, -0.05) is 54.2 Å². The van der Waals surface area contributed by atoms with E-state index in [1.807, 2.05) is 0 Å². The molecule has 2 saturated heterocycles. The van der Waals surface area contributed by atoms with Crippen molar-refractivity contribution in [2.24, 2.45) is 0 Å². The molecule has 0 spiro atoms. The van der Waals surface area contributed by atoms with E-state index >= 15 is 0 Å². The fourth-order valence-electron chi connectivity index (χ4n) is 5.16. The minimum Gasteiger partial charge on any atom is -0.343 e. The molecule has 4 rings (SSSR count). The highest BCUT2D eigenvalue weighted by Gasteiger charge is 2.40. The topological polar surface area (TPSA) is 32.3 Å². The highest BCUT2D eigenvalue weighted by atomic mass is 35.5. The lowest BCUT2D eigenvalue weighted by atomic mass is 9.83. The molecule has 2 aliphatic heterocycles. The van der Waals surface area contributed by atoms with Gasteiger partial charge in [0.1, 0.15) is 5.82 Å². The van der Waals surface area contributed by atoms with Crippen molar-refractivity contribution in [2.45, 2.75) is 62.8 Å². The molecule has 1 N–H and O–H groups in total. The number of nitrogens with one attached hydrogen (secondary N) is 1. The van der Waals surface area contributed by atoms with E-state index in [2.05, 4.69) is 10.2 Å². The van der Waals surface area contributed by atoms with Crippen molar-refractivity contribution in [1.29, 1.82) is 0 Å². The number of hydrogen-bond acceptors (Lipinski definition) is 2. The second-order valence-corrected chi connectivity index (χ2v) is 9.43. The molecule has 178 valence electrons. The summed E-state index contributed by atoms with van der Waals surface area (Å²) < 4.78 is 55.0. The zero-order valence-electron chi connectivity index (χ0n) is 17.8. The van der Waals surface area contributed by atoms with Gasteiger partial charge in [-0.2, -0.15) is 13.2 Å². The maximum absolute atomic E-state index is 14.9. The number of rotatable bonds is 4. The third kappa shape index (κ3) is 5.00. The average molecular weight is 503 g/mol. The van der Waals surface area contributed by atoms with Gasteiger partial charge in [-0.05, 0) is 50.4 Å². The molecule has 3 atom stereocenters. The van der Waals surface area contributed by atoms with Gasteiger partial charge in [0.25, 0.3) is 5.91 Å². The van der Waals surface area contributed by atoms with E-state index in [4.69, 9.17) is 23.2 Å². The van der Waals surface area contributed by atoms with Gasteiger partial charge in [-0.25, -0.2) is 4.39 Å². The second kappa shape index (κ2) is 9.80. The van der Waals surface area contributed by atoms with Crippen LogP contribution in [0.1, 0.15) is 66.1 Å². The van der Waals surface area contributed by atoms with Crippen molar-refractivity contribution in [1.82, 2.24) is 10.2 Å². The minimum atomic E-state index is -4.74. The predicted molar refractivity (Wildman–Crippen MR) is 120 cm³/mol. The van der Waals surface area contributed by atoms with Crippen LogP contribution in [0, 0.1) is 5.82 Å². The molecule has 0 radical (unpaired) electrons. The van der Waals surface area contributed by atoms with Crippen molar-refractivity contribution in [3.05, 3.63) is 69.0 Å². The Balaban J connectivity index is 1.73. The summed E-state index contributed by atoms with van der Waals surface area (Å²) in [4.78, 5) is 15.6. The molecule has 0 saturated carbocycles. The number of benzene rings is 2. The molecule has 9 heteroatoms.